The van der Waals surface area contributed by atoms with Gasteiger partial charge in [0.1, 0.15) is 6.61 Å². The lowest BCUT2D eigenvalue weighted by Crippen LogP contribution is -2.23. The van der Waals surface area contributed by atoms with E-state index in [1.807, 2.05) is 36.4 Å². The Balaban J connectivity index is 2.02. The zero-order valence-corrected chi connectivity index (χ0v) is 19.3. The zero-order chi connectivity index (χ0) is 24.7. The fourth-order valence-electron chi connectivity index (χ4n) is 3.19. The summed E-state index contributed by atoms with van der Waals surface area (Å²) >= 11 is 0. The number of rotatable bonds is 10. The van der Waals surface area contributed by atoms with Gasteiger partial charge in [0.25, 0.3) is 0 Å². The molecule has 3 aromatic rings. The molecule has 3 aromatic carbocycles. The van der Waals surface area contributed by atoms with Gasteiger partial charge in [-0.05, 0) is 35.9 Å². The molecular formula is C24H23N3O6S. The quantitative estimate of drug-likeness (QED) is 0.398. The molecule has 34 heavy (non-hydrogen) atoms. The van der Waals surface area contributed by atoms with Crippen molar-refractivity contribution < 1.29 is 27.8 Å². The van der Waals surface area contributed by atoms with E-state index in [2.05, 4.69) is 10.0 Å². The fraction of sp³-hybridized carbons (Fsp3) is 0.167. The Morgan fingerprint density at radius 1 is 1.09 bits per heavy atom. The molecule has 1 unspecified atom stereocenters. The van der Waals surface area contributed by atoms with Gasteiger partial charge in [0.15, 0.2) is 17.5 Å². The molecule has 176 valence electrons. The van der Waals surface area contributed by atoms with Crippen LogP contribution in [-0.2, 0) is 21.4 Å². The largest absolute Gasteiger partial charge is 0.493 e. The highest BCUT2D eigenvalue weighted by molar-refractivity contribution is 7.92. The van der Waals surface area contributed by atoms with Gasteiger partial charge in [-0.15, -0.1) is 0 Å². The summed E-state index contributed by atoms with van der Waals surface area (Å²) in [6, 6.07) is 19.0. The molecule has 9 nitrogen and oxygen atoms in total. The van der Waals surface area contributed by atoms with Crippen LogP contribution in [0, 0.1) is 11.3 Å². The molecule has 0 amide bonds. The number of sulfonamides is 1. The van der Waals surface area contributed by atoms with Crippen molar-refractivity contribution >= 4 is 27.4 Å². The molecule has 10 heteroatoms. The first-order chi connectivity index (χ1) is 16.2. The topological polar surface area (TPSA) is 138 Å². The summed E-state index contributed by atoms with van der Waals surface area (Å²) in [6.45, 7) is 0.195. The van der Waals surface area contributed by atoms with E-state index in [1.165, 1.54) is 31.4 Å². The van der Waals surface area contributed by atoms with E-state index in [9.17, 15) is 18.3 Å². The van der Waals surface area contributed by atoms with Crippen LogP contribution >= 0.6 is 0 Å². The first kappa shape index (κ1) is 24.4. The number of hydrogen-bond acceptors (Lipinski definition) is 7. The maximum atomic E-state index is 12.2. The normalized spacial score (nSPS) is 11.7. The lowest BCUT2D eigenvalue weighted by molar-refractivity contribution is -0.138. The van der Waals surface area contributed by atoms with E-state index in [4.69, 9.17) is 14.7 Å². The minimum atomic E-state index is -3.75. The van der Waals surface area contributed by atoms with Crippen LogP contribution in [0.5, 0.6) is 11.5 Å². The second-order valence-corrected chi connectivity index (χ2v) is 9.09. The van der Waals surface area contributed by atoms with Gasteiger partial charge in [-0.1, -0.05) is 30.3 Å². The molecule has 0 bridgehead atoms. The van der Waals surface area contributed by atoms with Crippen molar-refractivity contribution in [2.45, 2.75) is 12.6 Å². The highest BCUT2D eigenvalue weighted by Crippen LogP contribution is 2.38. The Bertz CT molecular complexity index is 1300. The molecule has 0 aliphatic carbocycles. The minimum Gasteiger partial charge on any atom is -0.493 e. The predicted molar refractivity (Wildman–Crippen MR) is 127 cm³/mol. The van der Waals surface area contributed by atoms with Crippen LogP contribution < -0.4 is 19.5 Å². The molecule has 3 rings (SSSR count). The van der Waals surface area contributed by atoms with Crippen molar-refractivity contribution in [2.24, 2.45) is 0 Å². The monoisotopic (exact) mass is 481 g/mol. The first-order valence-corrected chi connectivity index (χ1v) is 11.9. The summed E-state index contributed by atoms with van der Waals surface area (Å²) in [5, 5.41) is 21.8. The van der Waals surface area contributed by atoms with Gasteiger partial charge in [0.2, 0.25) is 10.0 Å². The number of anilines is 2. The highest BCUT2D eigenvalue weighted by Gasteiger charge is 2.26. The molecule has 0 aliphatic rings. The van der Waals surface area contributed by atoms with Gasteiger partial charge < -0.3 is 19.9 Å². The van der Waals surface area contributed by atoms with E-state index in [0.29, 0.717) is 11.3 Å². The number of nitriles is 1. The van der Waals surface area contributed by atoms with Crippen LogP contribution in [0.3, 0.4) is 0 Å². The highest BCUT2D eigenvalue weighted by atomic mass is 32.2. The predicted octanol–water partition coefficient (Wildman–Crippen LogP) is 3.76. The van der Waals surface area contributed by atoms with E-state index in [-0.39, 0.29) is 29.4 Å². The average Bonchev–Trinajstić information content (AvgIpc) is 2.81. The third-order valence-electron chi connectivity index (χ3n) is 4.75. The third-order valence-corrected chi connectivity index (χ3v) is 5.34. The fourth-order valence-corrected chi connectivity index (χ4v) is 3.77. The summed E-state index contributed by atoms with van der Waals surface area (Å²) in [6.07, 6.45) is 0.968. The van der Waals surface area contributed by atoms with Gasteiger partial charge in [-0.3, -0.25) is 4.72 Å². The molecule has 0 spiro atoms. The summed E-state index contributed by atoms with van der Waals surface area (Å²) in [5.41, 5.74) is 1.88. The van der Waals surface area contributed by atoms with Gasteiger partial charge in [0, 0.05) is 17.3 Å². The standard InChI is InChI=1S/C24H23N3O6S/c1-32-21-12-19(23(24(28)29)26-18-10-8-16(14-25)9-11-18)20(27-34(2,30)31)13-22(21)33-15-17-6-4-3-5-7-17/h3-13,23,26-27H,15H2,1-2H3,(H,28,29). The number of hydrogen-bond donors (Lipinski definition) is 3. The van der Waals surface area contributed by atoms with Crippen molar-refractivity contribution in [3.8, 4) is 17.6 Å². The van der Waals surface area contributed by atoms with Crippen LogP contribution in [0.4, 0.5) is 11.4 Å². The average molecular weight is 482 g/mol. The van der Waals surface area contributed by atoms with Gasteiger partial charge in [-0.25, -0.2) is 13.2 Å². The molecule has 0 radical (unpaired) electrons. The Labute approximate surface area is 197 Å². The lowest BCUT2D eigenvalue weighted by Gasteiger charge is -2.22. The van der Waals surface area contributed by atoms with Crippen LogP contribution in [0.2, 0.25) is 0 Å². The molecule has 0 heterocycles. The molecule has 0 aliphatic heterocycles. The van der Waals surface area contributed by atoms with Crippen molar-refractivity contribution in [1.82, 2.24) is 0 Å². The van der Waals surface area contributed by atoms with Crippen molar-refractivity contribution in [2.75, 3.05) is 23.4 Å². The van der Waals surface area contributed by atoms with Crippen molar-refractivity contribution in [1.29, 1.82) is 5.26 Å². The molecule has 1 atom stereocenters. The second-order valence-electron chi connectivity index (χ2n) is 7.34. The number of carbonyl (C=O) groups is 1. The maximum absolute atomic E-state index is 12.2. The summed E-state index contributed by atoms with van der Waals surface area (Å²) in [7, 11) is -2.34. The van der Waals surface area contributed by atoms with Crippen molar-refractivity contribution in [3.63, 3.8) is 0 Å². The zero-order valence-electron chi connectivity index (χ0n) is 18.5. The van der Waals surface area contributed by atoms with Crippen molar-refractivity contribution in [3.05, 3.63) is 83.4 Å². The van der Waals surface area contributed by atoms with E-state index >= 15 is 0 Å². The third kappa shape index (κ3) is 6.40. The number of methoxy groups -OCH3 is 1. The van der Waals surface area contributed by atoms with Crippen LogP contribution in [0.25, 0.3) is 0 Å². The maximum Gasteiger partial charge on any atom is 0.330 e. The Morgan fingerprint density at radius 2 is 1.76 bits per heavy atom. The molecule has 0 fully saturated rings. The van der Waals surface area contributed by atoms with Gasteiger partial charge in [0.05, 0.1) is 30.7 Å². The molecule has 0 saturated heterocycles. The number of benzene rings is 3. The Hall–Kier alpha value is -4.23. The van der Waals surface area contributed by atoms with Crippen LogP contribution in [0.1, 0.15) is 22.7 Å². The number of carboxylic acids is 1. The van der Waals surface area contributed by atoms with Crippen LogP contribution in [-0.4, -0.2) is 32.9 Å². The first-order valence-electron chi connectivity index (χ1n) is 10.1. The molecular weight excluding hydrogens is 458 g/mol. The summed E-state index contributed by atoms with van der Waals surface area (Å²) in [5.74, 6) is -0.775. The van der Waals surface area contributed by atoms with E-state index in [1.54, 1.807) is 12.1 Å². The number of ether oxygens (including phenoxy) is 2. The Morgan fingerprint density at radius 3 is 2.32 bits per heavy atom. The number of carboxylic acid groups (broad SMARTS) is 1. The number of nitrogens with one attached hydrogen (secondary N) is 2. The minimum absolute atomic E-state index is 0.0277. The molecule has 0 saturated carbocycles. The number of nitrogens with zero attached hydrogens (tertiary/aromatic N) is 1. The SMILES string of the molecule is COc1cc(C(Nc2ccc(C#N)cc2)C(=O)O)c(NS(C)(=O)=O)cc1OCc1ccccc1. The Kier molecular flexibility index (Phi) is 7.60. The smallest absolute Gasteiger partial charge is 0.330 e. The van der Waals surface area contributed by atoms with Gasteiger partial charge in [-0.2, -0.15) is 5.26 Å². The summed E-state index contributed by atoms with van der Waals surface area (Å²) in [4.78, 5) is 12.2. The molecule has 0 aromatic heterocycles. The molecule has 3 N–H and O–H groups in total. The van der Waals surface area contributed by atoms with E-state index in [0.717, 1.165) is 11.8 Å². The van der Waals surface area contributed by atoms with E-state index < -0.39 is 22.0 Å². The van der Waals surface area contributed by atoms with Crippen LogP contribution in [0.15, 0.2) is 66.7 Å². The number of aliphatic carboxylic acids is 1. The van der Waals surface area contributed by atoms with Gasteiger partial charge >= 0.3 is 5.97 Å². The second kappa shape index (κ2) is 10.6. The lowest BCUT2D eigenvalue weighted by atomic mass is 10.0. The summed E-state index contributed by atoms with van der Waals surface area (Å²) < 4.78 is 37.7.